The Morgan fingerprint density at radius 2 is 1.11 bits per heavy atom. The Morgan fingerprint density at radius 1 is 0.714 bits per heavy atom. The first-order chi connectivity index (χ1) is 12.3. The van der Waals surface area contributed by atoms with Crippen LogP contribution in [-0.4, -0.2) is 3.21 Å². The van der Waals surface area contributed by atoms with Crippen LogP contribution in [0.25, 0.3) is 12.2 Å². The number of hydrogen-bond acceptors (Lipinski definition) is 0. The van der Waals surface area contributed by atoms with E-state index < -0.39 is 21.3 Å². The summed E-state index contributed by atoms with van der Waals surface area (Å²) in [4.78, 5) is 0. The van der Waals surface area contributed by atoms with E-state index in [0.29, 0.717) is 0 Å². The van der Waals surface area contributed by atoms with Crippen molar-refractivity contribution in [1.29, 1.82) is 0 Å². The summed E-state index contributed by atoms with van der Waals surface area (Å²) in [6, 6.07) is 13.7. The van der Waals surface area contributed by atoms with Crippen LogP contribution in [0, 0.1) is 13.8 Å². The summed E-state index contributed by atoms with van der Waals surface area (Å²) in [5.41, 5.74) is 8.85. The number of aryl methyl sites for hydroxylation is 2. The minimum absolute atomic E-state index is 0. The molecule has 0 heterocycles. The van der Waals surface area contributed by atoms with E-state index in [4.69, 9.17) is 0 Å². The molecule has 2 aliphatic carbocycles. The zero-order valence-electron chi connectivity index (χ0n) is 17.6. The fourth-order valence-corrected chi connectivity index (χ4v) is 16.8. The molecule has 0 aromatic heterocycles. The van der Waals surface area contributed by atoms with Crippen molar-refractivity contribution in [2.24, 2.45) is 0 Å². The Balaban J connectivity index is 0.00000140. The summed E-state index contributed by atoms with van der Waals surface area (Å²) < 4.78 is 2.09. The number of halogens is 2. The third kappa shape index (κ3) is 3.28. The zero-order chi connectivity index (χ0) is 18.7. The average molecular weight is 493 g/mol. The summed E-state index contributed by atoms with van der Waals surface area (Å²) in [5.74, 6) is 0. The molecular weight excluding hydrogens is 462 g/mol. The fraction of sp³-hybridized carbons (Fsp3) is 0.320. The van der Waals surface area contributed by atoms with Gasteiger partial charge in [-0.3, -0.25) is 0 Å². The molecule has 0 bridgehead atoms. The van der Waals surface area contributed by atoms with E-state index in [9.17, 15) is 0 Å². The molecule has 0 saturated heterocycles. The van der Waals surface area contributed by atoms with Crippen molar-refractivity contribution in [2.75, 3.05) is 0 Å². The second-order valence-corrected chi connectivity index (χ2v) is 17.9. The minimum Gasteiger partial charge on any atom is -0.147 e. The second kappa shape index (κ2) is 8.18. The van der Waals surface area contributed by atoms with Gasteiger partial charge in [-0.15, -0.1) is 24.8 Å². The van der Waals surface area contributed by atoms with Crippen molar-refractivity contribution in [3.05, 3.63) is 81.9 Å². The molecule has 0 spiro atoms. The van der Waals surface area contributed by atoms with E-state index in [1.165, 1.54) is 22.3 Å². The van der Waals surface area contributed by atoms with E-state index in [2.05, 4.69) is 102 Å². The van der Waals surface area contributed by atoms with Crippen LogP contribution < -0.4 is 0 Å². The van der Waals surface area contributed by atoms with E-state index in [-0.39, 0.29) is 31.1 Å². The van der Waals surface area contributed by atoms with E-state index in [0.717, 1.165) is 0 Å². The molecule has 28 heavy (non-hydrogen) atoms. The van der Waals surface area contributed by atoms with Gasteiger partial charge in [0.15, 0.2) is 0 Å². The molecule has 0 radical (unpaired) electrons. The molecule has 148 valence electrons. The first kappa shape index (κ1) is 23.5. The molecule has 2 aromatic carbocycles. The topological polar surface area (TPSA) is 0 Å². The molecule has 0 saturated carbocycles. The number of benzene rings is 2. The van der Waals surface area contributed by atoms with Crippen molar-refractivity contribution in [2.45, 2.75) is 47.8 Å². The van der Waals surface area contributed by atoms with Gasteiger partial charge in [-0.1, -0.05) is 0 Å². The van der Waals surface area contributed by atoms with Gasteiger partial charge in [0.05, 0.1) is 0 Å². The van der Waals surface area contributed by atoms with Gasteiger partial charge in [-0.25, -0.2) is 0 Å². The van der Waals surface area contributed by atoms with Crippen LogP contribution in [0.4, 0.5) is 0 Å². The van der Waals surface area contributed by atoms with Gasteiger partial charge in [0.2, 0.25) is 0 Å². The third-order valence-electron chi connectivity index (χ3n) is 6.47. The summed E-state index contributed by atoms with van der Waals surface area (Å²) in [7, 11) is 0. The monoisotopic (exact) mass is 490 g/mol. The maximum atomic E-state index is 2.54. The molecule has 3 heteroatoms. The molecule has 2 atom stereocenters. The van der Waals surface area contributed by atoms with Crippen LogP contribution >= 0.6 is 24.8 Å². The standard InChI is InChI=1S/2C11H11.C3H6.2ClH.Zr/c2*1-8-4-3-5-10-9(2)6-7-11(8)10;1-3-2;;;/h2*3-7H,1-2H3;1-2H3;2*1H;. The largest absolute Gasteiger partial charge is 0.147 e. The molecule has 0 N–H and O–H groups in total. The number of fused-ring (bicyclic) bond motifs is 2. The average Bonchev–Trinajstić information content (AvgIpc) is 3.09. The predicted octanol–water partition coefficient (Wildman–Crippen LogP) is 7.16. The van der Waals surface area contributed by atoms with Gasteiger partial charge < -0.3 is 0 Å². The molecule has 4 rings (SSSR count). The molecule has 0 nitrogen and oxygen atoms in total. The van der Waals surface area contributed by atoms with Crippen molar-refractivity contribution in [3.63, 3.8) is 0 Å². The van der Waals surface area contributed by atoms with E-state index in [1.54, 1.807) is 14.3 Å². The number of allylic oxidation sites excluding steroid dienone is 2. The first-order valence-electron chi connectivity index (χ1n) is 9.56. The molecule has 2 aromatic rings. The maximum absolute atomic E-state index is 2.54. The van der Waals surface area contributed by atoms with Crippen molar-refractivity contribution < 1.29 is 21.3 Å². The third-order valence-corrected chi connectivity index (χ3v) is 16.2. The fourth-order valence-electron chi connectivity index (χ4n) is 5.40. The Kier molecular flexibility index (Phi) is 6.87. The minimum atomic E-state index is -2.17. The van der Waals surface area contributed by atoms with E-state index in [1.807, 2.05) is 0 Å². The van der Waals surface area contributed by atoms with Gasteiger partial charge in [-0.05, 0) is 0 Å². The Morgan fingerprint density at radius 3 is 1.46 bits per heavy atom. The molecule has 0 aliphatic heterocycles. The zero-order valence-corrected chi connectivity index (χ0v) is 21.7. The van der Waals surface area contributed by atoms with Gasteiger partial charge in [0, 0.05) is 0 Å². The van der Waals surface area contributed by atoms with Gasteiger partial charge in [0.25, 0.3) is 0 Å². The van der Waals surface area contributed by atoms with E-state index >= 15 is 0 Å². The van der Waals surface area contributed by atoms with Gasteiger partial charge >= 0.3 is 166 Å². The normalized spacial score (nSPS) is 23.5. The molecule has 0 amide bonds. The summed E-state index contributed by atoms with van der Waals surface area (Å²) in [6.07, 6.45) is 9.87. The number of rotatable bonds is 2. The Labute approximate surface area is 190 Å². The van der Waals surface area contributed by atoms with Crippen molar-refractivity contribution >= 4 is 40.2 Å². The maximum Gasteiger partial charge on any atom is -0.147 e. The Bertz CT molecular complexity index is 936. The van der Waals surface area contributed by atoms with Crippen molar-refractivity contribution in [3.8, 4) is 0 Å². The molecule has 2 unspecified atom stereocenters. The smallest absolute Gasteiger partial charge is 0.147 e. The SMILES string of the molecule is C[C](C)=[Zr]([C]1(C)C=Cc2c(C)cccc21)[C]1(C)C=Cc2c(C)cccc21.Cl.Cl. The molecular formula is C25H30Cl2Zr. The molecule has 0 fully saturated rings. The predicted molar refractivity (Wildman–Crippen MR) is 126 cm³/mol. The Hall–Kier alpha value is -0.747. The molecule has 2 aliphatic rings. The number of hydrogen-bond donors (Lipinski definition) is 0. The van der Waals surface area contributed by atoms with Crippen molar-refractivity contribution in [1.82, 2.24) is 0 Å². The summed E-state index contributed by atoms with van der Waals surface area (Å²) in [5, 5.41) is 0. The second-order valence-electron chi connectivity index (χ2n) is 8.52. The van der Waals surface area contributed by atoms with Crippen LogP contribution in [0.1, 0.15) is 61.1 Å². The van der Waals surface area contributed by atoms with Gasteiger partial charge in [0.1, 0.15) is 0 Å². The summed E-state index contributed by atoms with van der Waals surface area (Å²) >= 11 is -2.17. The van der Waals surface area contributed by atoms with Crippen LogP contribution in [0.5, 0.6) is 0 Å². The van der Waals surface area contributed by atoms with Crippen LogP contribution in [-0.2, 0) is 27.5 Å². The quantitative estimate of drug-likeness (QED) is 0.417. The van der Waals surface area contributed by atoms with Crippen LogP contribution in [0.3, 0.4) is 0 Å². The van der Waals surface area contributed by atoms with Gasteiger partial charge in [-0.2, -0.15) is 0 Å². The first-order valence-corrected chi connectivity index (χ1v) is 13.2. The van der Waals surface area contributed by atoms with Crippen LogP contribution in [0.2, 0.25) is 0 Å². The van der Waals surface area contributed by atoms with Crippen LogP contribution in [0.15, 0.2) is 48.6 Å². The summed E-state index contributed by atoms with van der Waals surface area (Å²) in [6.45, 7) is 14.3.